The molecule has 0 saturated heterocycles. The fourth-order valence-corrected chi connectivity index (χ4v) is 3.52. The lowest BCUT2D eigenvalue weighted by molar-refractivity contribution is -0.120. The number of ether oxygens (including phenoxy) is 1. The summed E-state index contributed by atoms with van der Waals surface area (Å²) in [6.07, 6.45) is 0. The Labute approximate surface area is 179 Å². The molecule has 6 heteroatoms. The largest absolute Gasteiger partial charge is 0.495 e. The molecule has 1 N–H and O–H groups in total. The Hall–Kier alpha value is -3.57. The first-order valence-corrected chi connectivity index (χ1v) is 9.73. The second-order valence-corrected chi connectivity index (χ2v) is 7.31. The number of benzene rings is 3. The number of halogens is 1. The number of aryl methyl sites for hydroxylation is 1. The lowest BCUT2D eigenvalue weighted by Gasteiger charge is -2.18. The first-order chi connectivity index (χ1) is 14.5. The van der Waals surface area contributed by atoms with E-state index < -0.39 is 11.8 Å². The van der Waals surface area contributed by atoms with Crippen molar-refractivity contribution >= 4 is 40.4 Å². The highest BCUT2D eigenvalue weighted by Crippen LogP contribution is 2.39. The highest BCUT2D eigenvalue weighted by molar-refractivity contribution is 6.46. The van der Waals surface area contributed by atoms with Crippen molar-refractivity contribution in [3.05, 3.63) is 94.6 Å². The summed E-state index contributed by atoms with van der Waals surface area (Å²) in [6.45, 7) is 1.96. The number of anilines is 2. The van der Waals surface area contributed by atoms with Crippen molar-refractivity contribution in [3.63, 3.8) is 0 Å². The lowest BCUT2D eigenvalue weighted by atomic mass is 10.0. The van der Waals surface area contributed by atoms with Crippen molar-refractivity contribution in [1.82, 2.24) is 0 Å². The number of nitrogens with zero attached hydrogens (tertiary/aromatic N) is 1. The van der Waals surface area contributed by atoms with Gasteiger partial charge in [0.05, 0.1) is 18.4 Å². The van der Waals surface area contributed by atoms with Gasteiger partial charge in [-0.3, -0.25) is 9.59 Å². The highest BCUT2D eigenvalue weighted by Gasteiger charge is 2.41. The molecule has 0 bridgehead atoms. The second-order valence-electron chi connectivity index (χ2n) is 6.87. The van der Waals surface area contributed by atoms with E-state index in [1.807, 2.05) is 61.5 Å². The Balaban J connectivity index is 1.86. The molecule has 3 aromatic rings. The van der Waals surface area contributed by atoms with Crippen molar-refractivity contribution in [3.8, 4) is 5.75 Å². The monoisotopic (exact) mass is 418 g/mol. The average molecular weight is 419 g/mol. The minimum absolute atomic E-state index is 0.206. The molecule has 0 aromatic heterocycles. The summed E-state index contributed by atoms with van der Waals surface area (Å²) in [7, 11) is 1.48. The summed E-state index contributed by atoms with van der Waals surface area (Å²) >= 11 is 6.15. The van der Waals surface area contributed by atoms with Crippen LogP contribution >= 0.6 is 11.6 Å². The SMILES string of the molecule is COc1ccc(Cl)cc1N1C(=O)C(Nc2ccccc2)=C(c2ccc(C)cc2)C1=O. The zero-order valence-corrected chi connectivity index (χ0v) is 17.2. The van der Waals surface area contributed by atoms with Gasteiger partial charge in [-0.1, -0.05) is 59.6 Å². The van der Waals surface area contributed by atoms with Crippen LogP contribution in [0.4, 0.5) is 11.4 Å². The number of hydrogen-bond donors (Lipinski definition) is 1. The summed E-state index contributed by atoms with van der Waals surface area (Å²) in [6, 6.07) is 21.6. The van der Waals surface area contributed by atoms with Crippen LogP contribution in [0.1, 0.15) is 11.1 Å². The van der Waals surface area contributed by atoms with Crippen LogP contribution < -0.4 is 15.0 Å². The summed E-state index contributed by atoms with van der Waals surface area (Å²) < 4.78 is 5.38. The number of hydrogen-bond acceptors (Lipinski definition) is 4. The molecule has 2 amide bonds. The van der Waals surface area contributed by atoms with Crippen LogP contribution in [0.2, 0.25) is 5.02 Å². The maximum absolute atomic E-state index is 13.5. The maximum Gasteiger partial charge on any atom is 0.282 e. The van der Waals surface area contributed by atoms with Crippen LogP contribution in [-0.2, 0) is 9.59 Å². The number of methoxy groups -OCH3 is 1. The number of para-hydroxylation sites is 1. The molecule has 150 valence electrons. The zero-order valence-electron chi connectivity index (χ0n) is 16.5. The van der Waals surface area contributed by atoms with Crippen molar-refractivity contribution in [2.45, 2.75) is 6.92 Å². The minimum Gasteiger partial charge on any atom is -0.495 e. The second kappa shape index (κ2) is 8.05. The van der Waals surface area contributed by atoms with Gasteiger partial charge >= 0.3 is 0 Å². The van der Waals surface area contributed by atoms with E-state index in [2.05, 4.69) is 5.32 Å². The van der Waals surface area contributed by atoms with Gasteiger partial charge in [-0.25, -0.2) is 4.90 Å². The molecule has 0 radical (unpaired) electrons. The van der Waals surface area contributed by atoms with Crippen LogP contribution in [0.25, 0.3) is 5.57 Å². The molecule has 0 atom stereocenters. The fraction of sp³-hybridized carbons (Fsp3) is 0.0833. The van der Waals surface area contributed by atoms with Gasteiger partial charge < -0.3 is 10.1 Å². The first kappa shape index (κ1) is 19.7. The Morgan fingerprint density at radius 2 is 1.60 bits per heavy atom. The van der Waals surface area contributed by atoms with Crippen molar-refractivity contribution in [2.24, 2.45) is 0 Å². The molecular formula is C24H19ClN2O3. The van der Waals surface area contributed by atoms with E-state index in [4.69, 9.17) is 16.3 Å². The molecule has 0 aliphatic carbocycles. The normalized spacial score (nSPS) is 13.8. The third-order valence-corrected chi connectivity index (χ3v) is 5.08. The smallest absolute Gasteiger partial charge is 0.282 e. The summed E-state index contributed by atoms with van der Waals surface area (Å²) in [4.78, 5) is 28.0. The van der Waals surface area contributed by atoms with E-state index >= 15 is 0 Å². The Morgan fingerprint density at radius 3 is 2.27 bits per heavy atom. The van der Waals surface area contributed by atoms with Gasteiger partial charge in [-0.2, -0.15) is 0 Å². The van der Waals surface area contributed by atoms with E-state index in [9.17, 15) is 9.59 Å². The lowest BCUT2D eigenvalue weighted by Crippen LogP contribution is -2.32. The summed E-state index contributed by atoms with van der Waals surface area (Å²) in [5, 5.41) is 3.53. The third-order valence-electron chi connectivity index (χ3n) is 4.85. The van der Waals surface area contributed by atoms with Crippen molar-refractivity contribution < 1.29 is 14.3 Å². The Morgan fingerprint density at radius 1 is 0.900 bits per heavy atom. The quantitative estimate of drug-likeness (QED) is 0.589. The van der Waals surface area contributed by atoms with E-state index in [-0.39, 0.29) is 5.70 Å². The third kappa shape index (κ3) is 3.55. The molecule has 5 nitrogen and oxygen atoms in total. The number of amides is 2. The zero-order chi connectivity index (χ0) is 21.3. The summed E-state index contributed by atoms with van der Waals surface area (Å²) in [5.41, 5.74) is 3.22. The van der Waals surface area contributed by atoms with Crippen LogP contribution in [-0.4, -0.2) is 18.9 Å². The van der Waals surface area contributed by atoms with Gasteiger partial charge in [0.25, 0.3) is 11.8 Å². The Bertz CT molecular complexity index is 1150. The molecular weight excluding hydrogens is 400 g/mol. The minimum atomic E-state index is -0.472. The summed E-state index contributed by atoms with van der Waals surface area (Å²) in [5.74, 6) is -0.534. The molecule has 1 heterocycles. The molecule has 0 fully saturated rings. The maximum atomic E-state index is 13.5. The molecule has 0 saturated carbocycles. The van der Waals surface area contributed by atoms with Gasteiger partial charge in [0.1, 0.15) is 11.4 Å². The fourth-order valence-electron chi connectivity index (χ4n) is 3.36. The molecule has 0 unspecified atom stereocenters. The number of imide groups is 1. The van der Waals surface area contributed by atoms with Crippen LogP contribution in [0.3, 0.4) is 0 Å². The topological polar surface area (TPSA) is 58.6 Å². The predicted octanol–water partition coefficient (Wildman–Crippen LogP) is 5.05. The van der Waals surface area contributed by atoms with E-state index in [0.29, 0.717) is 33.3 Å². The van der Waals surface area contributed by atoms with Crippen molar-refractivity contribution in [2.75, 3.05) is 17.3 Å². The van der Waals surface area contributed by atoms with Gasteiger partial charge in [-0.05, 0) is 42.8 Å². The van der Waals surface area contributed by atoms with Crippen LogP contribution in [0, 0.1) is 6.92 Å². The standard InChI is InChI=1S/C24H19ClN2O3/c1-15-8-10-16(11-9-15)21-22(26-18-6-4-3-5-7-18)24(29)27(23(21)28)19-14-17(25)12-13-20(19)30-2/h3-14,26H,1-2H3. The molecule has 30 heavy (non-hydrogen) atoms. The number of carbonyl (C=O) groups excluding carboxylic acids is 2. The predicted molar refractivity (Wildman–Crippen MR) is 119 cm³/mol. The molecule has 0 spiro atoms. The van der Waals surface area contributed by atoms with Crippen LogP contribution in [0.5, 0.6) is 5.75 Å². The average Bonchev–Trinajstić information content (AvgIpc) is 2.99. The molecule has 4 rings (SSSR count). The number of carbonyl (C=O) groups is 2. The number of rotatable bonds is 5. The van der Waals surface area contributed by atoms with E-state index in [1.54, 1.807) is 18.2 Å². The van der Waals surface area contributed by atoms with Crippen molar-refractivity contribution in [1.29, 1.82) is 0 Å². The molecule has 1 aliphatic rings. The molecule has 1 aliphatic heterocycles. The van der Waals surface area contributed by atoms with Gasteiger partial charge in [0.15, 0.2) is 0 Å². The van der Waals surface area contributed by atoms with Gasteiger partial charge in [-0.15, -0.1) is 0 Å². The first-order valence-electron chi connectivity index (χ1n) is 9.35. The van der Waals surface area contributed by atoms with Gasteiger partial charge in [0.2, 0.25) is 0 Å². The van der Waals surface area contributed by atoms with Gasteiger partial charge in [0, 0.05) is 10.7 Å². The van der Waals surface area contributed by atoms with E-state index in [1.165, 1.54) is 7.11 Å². The Kier molecular flexibility index (Phi) is 5.29. The highest BCUT2D eigenvalue weighted by atomic mass is 35.5. The number of nitrogens with one attached hydrogen (secondary N) is 1. The van der Waals surface area contributed by atoms with Crippen LogP contribution in [0.15, 0.2) is 78.5 Å². The molecule has 3 aromatic carbocycles. The van der Waals surface area contributed by atoms with E-state index in [0.717, 1.165) is 10.5 Å².